The van der Waals surface area contributed by atoms with Crippen molar-refractivity contribution in [1.82, 2.24) is 10.2 Å². The highest BCUT2D eigenvalue weighted by molar-refractivity contribution is 5.81. The van der Waals surface area contributed by atoms with Crippen LogP contribution in [0.25, 0.3) is 0 Å². The first-order chi connectivity index (χ1) is 9.70. The summed E-state index contributed by atoms with van der Waals surface area (Å²) in [4.78, 5) is 26.0. The molecule has 112 valence electrons. The zero-order chi connectivity index (χ0) is 14.1. The largest absolute Gasteiger partial charge is 0.446 e. The molecule has 0 aromatic rings. The summed E-state index contributed by atoms with van der Waals surface area (Å²) in [6.07, 6.45) is 4.15. The maximum Gasteiger partial charge on any atom is 0.407 e. The lowest BCUT2D eigenvalue weighted by Crippen LogP contribution is -2.53. The molecule has 0 aromatic heterocycles. The molecule has 1 saturated carbocycles. The number of rotatable bonds is 3. The number of nitrogens with one attached hydrogen (secondary N) is 1. The number of alkyl carbamates (subject to hydrolysis) is 1. The summed E-state index contributed by atoms with van der Waals surface area (Å²) < 4.78 is 5.48. The minimum Gasteiger partial charge on any atom is -0.446 e. The van der Waals surface area contributed by atoms with Gasteiger partial charge in [-0.15, -0.1) is 0 Å². The van der Waals surface area contributed by atoms with Gasteiger partial charge in [-0.3, -0.25) is 4.79 Å². The summed E-state index contributed by atoms with van der Waals surface area (Å²) in [5.41, 5.74) is 0. The van der Waals surface area contributed by atoms with E-state index in [2.05, 4.69) is 5.32 Å². The third-order valence-electron chi connectivity index (χ3n) is 4.87. The van der Waals surface area contributed by atoms with Crippen LogP contribution in [-0.4, -0.2) is 53.8 Å². The highest BCUT2D eigenvalue weighted by atomic mass is 16.6. The second-order valence-corrected chi connectivity index (χ2v) is 6.02. The summed E-state index contributed by atoms with van der Waals surface area (Å²) in [5, 5.41) is 11.2. The maximum atomic E-state index is 12.4. The molecular weight excluding hydrogens is 260 g/mol. The van der Waals surface area contributed by atoms with Crippen LogP contribution in [0.15, 0.2) is 0 Å². The van der Waals surface area contributed by atoms with Crippen LogP contribution in [0.4, 0.5) is 4.79 Å². The third kappa shape index (κ3) is 2.37. The van der Waals surface area contributed by atoms with Crippen LogP contribution in [0.2, 0.25) is 0 Å². The zero-order valence-corrected chi connectivity index (χ0v) is 11.6. The van der Waals surface area contributed by atoms with E-state index in [0.29, 0.717) is 6.42 Å². The number of carbonyl (C=O) groups excluding carboxylic acids is 2. The molecule has 3 rings (SSSR count). The lowest BCUT2D eigenvalue weighted by atomic mass is 9.84. The van der Waals surface area contributed by atoms with Crippen LogP contribution in [-0.2, 0) is 9.53 Å². The van der Waals surface area contributed by atoms with Crippen molar-refractivity contribution in [3.63, 3.8) is 0 Å². The smallest absolute Gasteiger partial charge is 0.407 e. The van der Waals surface area contributed by atoms with Gasteiger partial charge in [-0.2, -0.15) is 0 Å². The molecule has 3 aliphatic rings. The molecule has 0 aromatic carbocycles. The first kappa shape index (κ1) is 13.7. The van der Waals surface area contributed by atoms with E-state index in [0.717, 1.165) is 32.2 Å². The fourth-order valence-electron chi connectivity index (χ4n) is 4.02. The summed E-state index contributed by atoms with van der Waals surface area (Å²) >= 11 is 0. The van der Waals surface area contributed by atoms with Crippen LogP contribution in [0.3, 0.4) is 0 Å². The number of fused-ring (bicyclic) bond motifs is 4. The van der Waals surface area contributed by atoms with E-state index in [-0.39, 0.29) is 43.0 Å². The fourth-order valence-corrected chi connectivity index (χ4v) is 4.02. The van der Waals surface area contributed by atoms with Gasteiger partial charge in [0.25, 0.3) is 0 Å². The molecule has 2 bridgehead atoms. The van der Waals surface area contributed by atoms with Crippen molar-refractivity contribution >= 4 is 12.0 Å². The molecular formula is C14H22N2O4. The van der Waals surface area contributed by atoms with E-state index >= 15 is 0 Å². The summed E-state index contributed by atoms with van der Waals surface area (Å²) in [7, 11) is 0. The van der Waals surface area contributed by atoms with Crippen LogP contribution in [0, 0.1) is 11.8 Å². The average Bonchev–Trinajstić information content (AvgIpc) is 2.83. The van der Waals surface area contributed by atoms with Crippen molar-refractivity contribution in [1.29, 1.82) is 0 Å². The predicted molar refractivity (Wildman–Crippen MR) is 70.9 cm³/mol. The number of carbonyl (C=O) groups is 2. The van der Waals surface area contributed by atoms with Crippen molar-refractivity contribution in [2.75, 3.05) is 19.7 Å². The van der Waals surface area contributed by atoms with E-state index in [1.54, 1.807) is 0 Å². The van der Waals surface area contributed by atoms with E-state index in [9.17, 15) is 9.59 Å². The van der Waals surface area contributed by atoms with Crippen molar-refractivity contribution in [2.45, 2.75) is 44.2 Å². The molecule has 4 atom stereocenters. The van der Waals surface area contributed by atoms with Gasteiger partial charge in [0.2, 0.25) is 5.91 Å². The lowest BCUT2D eigenvalue weighted by molar-refractivity contribution is -0.143. The second-order valence-electron chi connectivity index (χ2n) is 6.02. The number of piperidine rings is 2. The normalized spacial score (nSPS) is 35.6. The first-order valence-corrected chi connectivity index (χ1v) is 7.56. The molecule has 0 spiro atoms. The Morgan fingerprint density at radius 2 is 2.25 bits per heavy atom. The molecule has 2 heterocycles. The molecule has 1 aliphatic carbocycles. The fraction of sp³-hybridized carbons (Fsp3) is 0.857. The zero-order valence-electron chi connectivity index (χ0n) is 11.6. The van der Waals surface area contributed by atoms with Crippen LogP contribution in [0.5, 0.6) is 0 Å². The van der Waals surface area contributed by atoms with E-state index < -0.39 is 6.09 Å². The topological polar surface area (TPSA) is 78.9 Å². The standard InChI is InChI=1S/C14H22N2O4/c17-6-4-15-14(19)20-12-8-9-7-10(12)11-3-1-2-5-16(11)13(9)18/h9-12,17H,1-8H2,(H,15,19)/t9-,10-,11-,12-/m1/s1. The highest BCUT2D eigenvalue weighted by Gasteiger charge is 2.52. The van der Waals surface area contributed by atoms with Crippen molar-refractivity contribution < 1.29 is 19.4 Å². The number of aliphatic hydroxyl groups excluding tert-OH is 1. The number of ether oxygens (including phenoxy) is 1. The Labute approximate surface area is 118 Å². The van der Waals surface area contributed by atoms with Crippen LogP contribution in [0.1, 0.15) is 32.1 Å². The molecule has 2 saturated heterocycles. The molecule has 3 fully saturated rings. The SMILES string of the molecule is O=C(NCCO)O[C@@H]1C[C@H]2C[C@@H]1[C@H]1CCCCN1C2=O. The number of hydrogen-bond donors (Lipinski definition) is 2. The summed E-state index contributed by atoms with van der Waals surface area (Å²) in [6, 6.07) is 0.255. The minimum atomic E-state index is -0.480. The van der Waals surface area contributed by atoms with Gasteiger partial charge in [0, 0.05) is 31.0 Å². The number of aliphatic hydroxyl groups is 1. The van der Waals surface area contributed by atoms with Gasteiger partial charge in [-0.05, 0) is 32.1 Å². The van der Waals surface area contributed by atoms with E-state index in [1.165, 1.54) is 0 Å². The predicted octanol–water partition coefficient (Wildman–Crippen LogP) is 0.494. The third-order valence-corrected chi connectivity index (χ3v) is 4.87. The monoisotopic (exact) mass is 282 g/mol. The maximum absolute atomic E-state index is 12.4. The van der Waals surface area contributed by atoms with Gasteiger partial charge in [0.15, 0.2) is 0 Å². The van der Waals surface area contributed by atoms with Crippen molar-refractivity contribution in [2.24, 2.45) is 11.8 Å². The Hall–Kier alpha value is -1.30. The Balaban J connectivity index is 1.66. The molecule has 0 unspecified atom stereocenters. The molecule has 20 heavy (non-hydrogen) atoms. The van der Waals surface area contributed by atoms with Gasteiger partial charge in [0.05, 0.1) is 6.61 Å². The van der Waals surface area contributed by atoms with E-state index in [1.807, 2.05) is 4.90 Å². The Morgan fingerprint density at radius 3 is 3.05 bits per heavy atom. The Bertz CT molecular complexity index is 401. The summed E-state index contributed by atoms with van der Waals surface area (Å²) in [6.45, 7) is 0.967. The molecule has 2 aliphatic heterocycles. The van der Waals surface area contributed by atoms with Gasteiger partial charge < -0.3 is 20.1 Å². The quantitative estimate of drug-likeness (QED) is 0.790. The highest BCUT2D eigenvalue weighted by Crippen LogP contribution is 2.45. The van der Waals surface area contributed by atoms with Gasteiger partial charge in [-0.25, -0.2) is 4.79 Å². The van der Waals surface area contributed by atoms with Crippen molar-refractivity contribution in [3.05, 3.63) is 0 Å². The van der Waals surface area contributed by atoms with Gasteiger partial charge in [-0.1, -0.05) is 0 Å². The Morgan fingerprint density at radius 1 is 1.40 bits per heavy atom. The van der Waals surface area contributed by atoms with Gasteiger partial charge in [0.1, 0.15) is 6.10 Å². The van der Waals surface area contributed by atoms with E-state index in [4.69, 9.17) is 9.84 Å². The molecule has 6 heteroatoms. The van der Waals surface area contributed by atoms with Crippen LogP contribution < -0.4 is 5.32 Å². The number of nitrogens with zero attached hydrogens (tertiary/aromatic N) is 1. The van der Waals surface area contributed by atoms with Gasteiger partial charge >= 0.3 is 6.09 Å². The minimum absolute atomic E-state index is 0.0324. The lowest BCUT2D eigenvalue weighted by Gasteiger charge is -2.43. The number of hydrogen-bond acceptors (Lipinski definition) is 4. The second kappa shape index (κ2) is 5.60. The first-order valence-electron chi connectivity index (χ1n) is 7.56. The van der Waals surface area contributed by atoms with Crippen LogP contribution >= 0.6 is 0 Å². The van der Waals surface area contributed by atoms with Crippen molar-refractivity contribution in [3.8, 4) is 0 Å². The molecule has 6 nitrogen and oxygen atoms in total. The summed E-state index contributed by atoms with van der Waals surface area (Å²) in [5.74, 6) is 0.579. The molecule has 0 radical (unpaired) electrons. The average molecular weight is 282 g/mol. The number of amides is 2. The Kier molecular flexibility index (Phi) is 3.83. The molecule has 2 amide bonds. The molecule has 2 N–H and O–H groups in total.